The van der Waals surface area contributed by atoms with Crippen LogP contribution in [0.1, 0.15) is 15.2 Å². The molecule has 0 atom stereocenters. The quantitative estimate of drug-likeness (QED) is 0.735. The Bertz CT molecular complexity index is 907. The highest BCUT2D eigenvalue weighted by atomic mass is 32.1. The number of halogens is 3. The van der Waals surface area contributed by atoms with Crippen molar-refractivity contribution in [2.24, 2.45) is 0 Å². The maximum Gasteiger partial charge on any atom is 0.416 e. The number of alkyl halides is 3. The van der Waals surface area contributed by atoms with Crippen LogP contribution in [-0.2, 0) is 6.18 Å². The topological polar surface area (TPSA) is 69.3 Å². The summed E-state index contributed by atoms with van der Waals surface area (Å²) in [5, 5.41) is 2.82. The van der Waals surface area contributed by atoms with Gasteiger partial charge in [-0.3, -0.25) is 10.5 Å². The van der Waals surface area contributed by atoms with E-state index in [0.29, 0.717) is 15.7 Å². The van der Waals surface area contributed by atoms with Crippen LogP contribution >= 0.6 is 11.3 Å². The highest BCUT2D eigenvalue weighted by molar-refractivity contribution is 7.17. The number of anilines is 2. The van der Waals surface area contributed by atoms with Crippen LogP contribution in [0.15, 0.2) is 54.6 Å². The molecule has 1 amide bonds. The SMILES string of the molecule is Nc1[nH+]c(-c2ccccc2)c(C(=O)Nc2cccc(C(F)(F)F)c2)s1. The van der Waals surface area contributed by atoms with Gasteiger partial charge in [-0.2, -0.15) is 13.2 Å². The van der Waals surface area contributed by atoms with Gasteiger partial charge in [-0.1, -0.05) is 36.4 Å². The summed E-state index contributed by atoms with van der Waals surface area (Å²) >= 11 is 1.03. The molecule has 128 valence electrons. The number of benzene rings is 2. The molecule has 8 heteroatoms. The Hall–Kier alpha value is -2.87. The Kier molecular flexibility index (Phi) is 4.45. The summed E-state index contributed by atoms with van der Waals surface area (Å²) in [7, 11) is 0. The van der Waals surface area contributed by atoms with E-state index < -0.39 is 17.6 Å². The number of rotatable bonds is 3. The number of H-pyrrole nitrogens is 1. The van der Waals surface area contributed by atoms with E-state index in [-0.39, 0.29) is 5.69 Å². The molecular formula is C17H13F3N3OS+. The number of carbonyl (C=O) groups is 1. The highest BCUT2D eigenvalue weighted by Crippen LogP contribution is 2.31. The van der Waals surface area contributed by atoms with E-state index in [1.54, 1.807) is 12.1 Å². The minimum atomic E-state index is -4.48. The minimum Gasteiger partial charge on any atom is -0.321 e. The van der Waals surface area contributed by atoms with Crippen LogP contribution < -0.4 is 16.0 Å². The minimum absolute atomic E-state index is 0.0609. The Labute approximate surface area is 145 Å². The molecule has 0 spiro atoms. The van der Waals surface area contributed by atoms with E-state index in [9.17, 15) is 18.0 Å². The normalized spacial score (nSPS) is 11.3. The van der Waals surface area contributed by atoms with Gasteiger partial charge in [-0.05, 0) is 29.5 Å². The first-order valence-electron chi connectivity index (χ1n) is 7.20. The summed E-state index contributed by atoms with van der Waals surface area (Å²) in [6.45, 7) is 0. The van der Waals surface area contributed by atoms with Gasteiger partial charge in [0.25, 0.3) is 5.91 Å². The van der Waals surface area contributed by atoms with Gasteiger partial charge in [0.1, 0.15) is 4.88 Å². The molecule has 25 heavy (non-hydrogen) atoms. The molecule has 4 nitrogen and oxygen atoms in total. The van der Waals surface area contributed by atoms with Crippen molar-refractivity contribution in [3.8, 4) is 11.3 Å². The largest absolute Gasteiger partial charge is 0.416 e. The fourth-order valence-corrected chi connectivity index (χ4v) is 3.08. The van der Waals surface area contributed by atoms with Gasteiger partial charge < -0.3 is 5.32 Å². The second kappa shape index (κ2) is 6.56. The van der Waals surface area contributed by atoms with Gasteiger partial charge >= 0.3 is 11.3 Å². The van der Waals surface area contributed by atoms with E-state index in [1.165, 1.54) is 12.1 Å². The van der Waals surface area contributed by atoms with Gasteiger partial charge in [0, 0.05) is 11.3 Å². The summed E-state index contributed by atoms with van der Waals surface area (Å²) in [5.74, 6) is -0.531. The number of aromatic amines is 1. The van der Waals surface area contributed by atoms with Crippen LogP contribution in [0.25, 0.3) is 11.3 Å². The molecule has 4 N–H and O–H groups in total. The van der Waals surface area contributed by atoms with Crippen LogP contribution in [0.3, 0.4) is 0 Å². The van der Waals surface area contributed by atoms with Crippen molar-refractivity contribution in [1.29, 1.82) is 0 Å². The van der Waals surface area contributed by atoms with Crippen LogP contribution in [0.2, 0.25) is 0 Å². The second-order valence-corrected chi connectivity index (χ2v) is 6.25. The lowest BCUT2D eigenvalue weighted by molar-refractivity contribution is -0.340. The molecule has 1 aromatic heterocycles. The summed E-state index contributed by atoms with van der Waals surface area (Å²) in [6, 6.07) is 13.5. The molecule has 0 aliphatic rings. The fraction of sp³-hybridized carbons (Fsp3) is 0.0588. The predicted octanol–water partition coefficient (Wildman–Crippen LogP) is 4.08. The Morgan fingerprint density at radius 2 is 1.80 bits per heavy atom. The zero-order valence-electron chi connectivity index (χ0n) is 12.7. The number of aromatic nitrogens is 1. The van der Waals surface area contributed by atoms with Crippen LogP contribution in [-0.4, -0.2) is 5.91 Å². The summed E-state index contributed by atoms with van der Waals surface area (Å²) in [4.78, 5) is 15.7. The lowest BCUT2D eigenvalue weighted by atomic mass is 10.1. The lowest BCUT2D eigenvalue weighted by Gasteiger charge is -2.09. The first kappa shape index (κ1) is 17.0. The van der Waals surface area contributed by atoms with E-state index in [2.05, 4.69) is 10.3 Å². The van der Waals surface area contributed by atoms with E-state index in [0.717, 1.165) is 29.0 Å². The van der Waals surface area contributed by atoms with Crippen molar-refractivity contribution in [3.63, 3.8) is 0 Å². The number of carbonyl (C=O) groups excluding carboxylic acids is 1. The number of nitrogens with two attached hydrogens (primary N) is 1. The van der Waals surface area contributed by atoms with Crippen molar-refractivity contribution < 1.29 is 22.9 Å². The standard InChI is InChI=1S/C17H12F3N3OS/c18-17(19,20)11-7-4-8-12(9-11)22-15(24)14-13(23-16(21)25-14)10-5-2-1-3-6-10/h1-9H,(H2,21,23)(H,22,24)/p+1. The molecule has 2 aromatic carbocycles. The second-order valence-electron chi connectivity index (χ2n) is 5.19. The molecular weight excluding hydrogens is 351 g/mol. The van der Waals surface area contributed by atoms with Crippen molar-refractivity contribution in [1.82, 2.24) is 0 Å². The Balaban J connectivity index is 1.90. The molecule has 1 heterocycles. The zero-order chi connectivity index (χ0) is 18.0. The maximum atomic E-state index is 12.8. The number of nitrogens with one attached hydrogen (secondary N) is 2. The fourth-order valence-electron chi connectivity index (χ4n) is 2.30. The van der Waals surface area contributed by atoms with E-state index >= 15 is 0 Å². The van der Waals surface area contributed by atoms with Gasteiger partial charge in [0.15, 0.2) is 5.69 Å². The molecule has 0 bridgehead atoms. The number of hydrogen-bond acceptors (Lipinski definition) is 3. The van der Waals surface area contributed by atoms with Crippen LogP contribution in [0.5, 0.6) is 0 Å². The third kappa shape index (κ3) is 3.80. The average Bonchev–Trinajstić information content (AvgIpc) is 2.97. The Morgan fingerprint density at radius 3 is 2.48 bits per heavy atom. The average molecular weight is 364 g/mol. The van der Waals surface area contributed by atoms with Gasteiger partial charge in [-0.25, -0.2) is 4.98 Å². The zero-order valence-corrected chi connectivity index (χ0v) is 13.5. The monoisotopic (exact) mass is 364 g/mol. The first-order valence-corrected chi connectivity index (χ1v) is 8.02. The molecule has 0 saturated carbocycles. The van der Waals surface area contributed by atoms with Crippen molar-refractivity contribution in [2.45, 2.75) is 6.18 Å². The smallest absolute Gasteiger partial charge is 0.321 e. The first-order chi connectivity index (χ1) is 11.8. The number of nitrogen functional groups attached to an aromatic ring is 1. The van der Waals surface area contributed by atoms with Crippen molar-refractivity contribution >= 4 is 28.1 Å². The lowest BCUT2D eigenvalue weighted by Crippen LogP contribution is -2.15. The molecule has 3 aromatic rings. The maximum absolute atomic E-state index is 12.8. The summed E-state index contributed by atoms with van der Waals surface area (Å²) < 4.78 is 38.4. The Morgan fingerprint density at radius 1 is 1.08 bits per heavy atom. The number of thiazole rings is 1. The molecule has 0 aliphatic carbocycles. The molecule has 0 fully saturated rings. The number of hydrogen-bond donors (Lipinski definition) is 2. The van der Waals surface area contributed by atoms with Crippen LogP contribution in [0, 0.1) is 0 Å². The van der Waals surface area contributed by atoms with E-state index in [4.69, 9.17) is 5.73 Å². The predicted molar refractivity (Wildman–Crippen MR) is 90.1 cm³/mol. The third-order valence-corrected chi connectivity index (χ3v) is 4.32. The summed E-state index contributed by atoms with van der Waals surface area (Å²) in [6.07, 6.45) is -4.48. The van der Waals surface area contributed by atoms with Crippen molar-refractivity contribution in [2.75, 3.05) is 11.1 Å². The molecule has 0 aliphatic heterocycles. The van der Waals surface area contributed by atoms with Gasteiger partial charge in [0.2, 0.25) is 0 Å². The van der Waals surface area contributed by atoms with Crippen LogP contribution in [0.4, 0.5) is 24.0 Å². The summed E-state index contributed by atoms with van der Waals surface area (Å²) in [5.41, 5.74) is 6.27. The highest BCUT2D eigenvalue weighted by Gasteiger charge is 2.30. The van der Waals surface area contributed by atoms with E-state index in [1.807, 2.05) is 18.2 Å². The molecule has 0 unspecified atom stereocenters. The van der Waals surface area contributed by atoms with Gasteiger partial charge in [-0.15, -0.1) is 0 Å². The number of amides is 1. The molecule has 3 rings (SSSR count). The third-order valence-electron chi connectivity index (χ3n) is 3.40. The van der Waals surface area contributed by atoms with Crippen molar-refractivity contribution in [3.05, 3.63) is 65.0 Å². The van der Waals surface area contributed by atoms with Gasteiger partial charge in [0.05, 0.1) is 5.56 Å². The molecule has 0 saturated heterocycles. The molecule has 0 radical (unpaired) electrons.